The molecule has 3 aromatic carbocycles. The van der Waals surface area contributed by atoms with E-state index in [1.807, 2.05) is 66.9 Å². The summed E-state index contributed by atoms with van der Waals surface area (Å²) in [6.45, 7) is 6.56. The lowest BCUT2D eigenvalue weighted by atomic mass is 10.1. The second-order valence-electron chi connectivity index (χ2n) is 8.72. The number of carbonyl (C=O) groups excluding carboxylic acids is 2. The first-order chi connectivity index (χ1) is 18.5. The average molecular weight is 516 g/mol. The molecule has 7 nitrogen and oxygen atoms in total. The lowest BCUT2D eigenvalue weighted by Crippen LogP contribution is -2.15. The number of nitrogens with zero attached hydrogens (tertiary/aromatic N) is 1. The van der Waals surface area contributed by atoms with E-state index in [1.54, 1.807) is 19.1 Å². The molecule has 0 amide bonds. The summed E-state index contributed by atoms with van der Waals surface area (Å²) in [5.41, 5.74) is 4.13. The van der Waals surface area contributed by atoms with Gasteiger partial charge in [-0.05, 0) is 81.6 Å². The van der Waals surface area contributed by atoms with E-state index >= 15 is 0 Å². The molecule has 0 spiro atoms. The van der Waals surface area contributed by atoms with Crippen LogP contribution in [-0.4, -0.2) is 42.9 Å². The van der Waals surface area contributed by atoms with Crippen molar-refractivity contribution in [2.75, 3.05) is 26.4 Å². The Labute approximate surface area is 222 Å². The summed E-state index contributed by atoms with van der Waals surface area (Å²) in [4.78, 5) is 25.2. The van der Waals surface area contributed by atoms with E-state index < -0.39 is 11.9 Å². The number of aryl methyl sites for hydroxylation is 1. The molecule has 38 heavy (non-hydrogen) atoms. The van der Waals surface area contributed by atoms with E-state index in [0.717, 1.165) is 35.5 Å². The minimum absolute atomic E-state index is 0.218. The lowest BCUT2D eigenvalue weighted by molar-refractivity contribution is -0.146. The van der Waals surface area contributed by atoms with Gasteiger partial charge in [-0.2, -0.15) is 0 Å². The normalized spacial score (nSPS) is 10.8. The third kappa shape index (κ3) is 6.35. The van der Waals surface area contributed by atoms with E-state index in [2.05, 4.69) is 12.1 Å². The first-order valence-electron chi connectivity index (χ1n) is 12.9. The number of rotatable bonds is 12. The molecule has 0 bridgehead atoms. The lowest BCUT2D eigenvalue weighted by Gasteiger charge is -2.11. The molecule has 0 aliphatic heterocycles. The third-order valence-electron chi connectivity index (χ3n) is 6.13. The summed E-state index contributed by atoms with van der Waals surface area (Å²) in [5, 5.41) is 0.684. The maximum atomic E-state index is 12.9. The van der Waals surface area contributed by atoms with Crippen molar-refractivity contribution in [1.82, 2.24) is 4.57 Å². The SMILES string of the molecule is CCOC(=O)c1c(C)n(-c2ccc(OCC)cc2)c2ccc(OCC(=O)OCCCc3ccccc3)cc12. The van der Waals surface area contributed by atoms with Gasteiger partial charge in [0.05, 0.1) is 30.9 Å². The quantitative estimate of drug-likeness (QED) is 0.168. The Morgan fingerprint density at radius 1 is 0.816 bits per heavy atom. The van der Waals surface area contributed by atoms with Gasteiger partial charge in [-0.25, -0.2) is 9.59 Å². The zero-order valence-corrected chi connectivity index (χ0v) is 22.1. The van der Waals surface area contributed by atoms with Crippen LogP contribution in [0.25, 0.3) is 16.6 Å². The Morgan fingerprint density at radius 2 is 1.55 bits per heavy atom. The van der Waals surface area contributed by atoms with E-state index in [-0.39, 0.29) is 13.2 Å². The predicted octanol–water partition coefficient (Wildman–Crippen LogP) is 6.07. The van der Waals surface area contributed by atoms with Gasteiger partial charge in [-0.15, -0.1) is 0 Å². The van der Waals surface area contributed by atoms with Crippen LogP contribution in [0.1, 0.15) is 41.9 Å². The van der Waals surface area contributed by atoms with Gasteiger partial charge in [0.1, 0.15) is 11.5 Å². The summed E-state index contributed by atoms with van der Waals surface area (Å²) in [5.74, 6) is 0.397. The topological polar surface area (TPSA) is 76.0 Å². The van der Waals surface area contributed by atoms with Crippen molar-refractivity contribution in [3.05, 3.63) is 89.6 Å². The summed E-state index contributed by atoms with van der Waals surface area (Å²) in [6.07, 6.45) is 1.58. The van der Waals surface area contributed by atoms with Crippen LogP contribution in [0.3, 0.4) is 0 Å². The number of hydrogen-bond donors (Lipinski definition) is 0. The number of benzene rings is 3. The van der Waals surface area contributed by atoms with Crippen LogP contribution in [0.15, 0.2) is 72.8 Å². The molecule has 0 radical (unpaired) electrons. The molecule has 4 rings (SSSR count). The van der Waals surface area contributed by atoms with E-state index in [4.69, 9.17) is 18.9 Å². The van der Waals surface area contributed by atoms with Crippen molar-refractivity contribution in [1.29, 1.82) is 0 Å². The Hall–Kier alpha value is -4.26. The predicted molar refractivity (Wildman–Crippen MR) is 146 cm³/mol. The first-order valence-corrected chi connectivity index (χ1v) is 12.9. The molecule has 1 heterocycles. The van der Waals surface area contributed by atoms with Crippen molar-refractivity contribution in [2.24, 2.45) is 0 Å². The van der Waals surface area contributed by atoms with Gasteiger partial charge in [-0.1, -0.05) is 30.3 Å². The molecule has 0 aliphatic rings. The Kier molecular flexibility index (Phi) is 9.03. The van der Waals surface area contributed by atoms with Crippen molar-refractivity contribution >= 4 is 22.8 Å². The van der Waals surface area contributed by atoms with Crippen molar-refractivity contribution in [3.63, 3.8) is 0 Å². The van der Waals surface area contributed by atoms with Crippen molar-refractivity contribution in [3.8, 4) is 17.2 Å². The van der Waals surface area contributed by atoms with Crippen LogP contribution in [0.4, 0.5) is 0 Å². The molecule has 0 saturated heterocycles. The molecular formula is C31H33NO6. The largest absolute Gasteiger partial charge is 0.494 e. The van der Waals surface area contributed by atoms with Gasteiger partial charge in [0.25, 0.3) is 0 Å². The maximum absolute atomic E-state index is 12.9. The van der Waals surface area contributed by atoms with Gasteiger partial charge >= 0.3 is 11.9 Å². The van der Waals surface area contributed by atoms with E-state index in [9.17, 15) is 9.59 Å². The van der Waals surface area contributed by atoms with Gasteiger partial charge in [0.15, 0.2) is 6.61 Å². The molecule has 0 unspecified atom stereocenters. The molecule has 198 valence electrons. The highest BCUT2D eigenvalue weighted by Crippen LogP contribution is 2.33. The number of aromatic nitrogens is 1. The molecule has 4 aromatic rings. The highest BCUT2D eigenvalue weighted by molar-refractivity contribution is 6.07. The van der Waals surface area contributed by atoms with E-state index in [1.165, 1.54) is 5.56 Å². The number of ether oxygens (including phenoxy) is 4. The molecule has 0 fully saturated rings. The van der Waals surface area contributed by atoms with Gasteiger partial charge in [0, 0.05) is 16.8 Å². The standard InChI is InChI=1S/C31H33NO6/c1-4-35-25-15-13-24(14-16-25)32-22(3)30(31(34)36-5-2)27-20-26(17-18-28(27)32)38-21-29(33)37-19-9-12-23-10-7-6-8-11-23/h6-8,10-11,13-18,20H,4-5,9,12,19,21H2,1-3H3. The molecule has 1 aromatic heterocycles. The maximum Gasteiger partial charge on any atom is 0.344 e. The number of esters is 2. The first kappa shape index (κ1) is 26.8. The monoisotopic (exact) mass is 515 g/mol. The molecule has 0 aliphatic carbocycles. The summed E-state index contributed by atoms with van der Waals surface area (Å²) in [7, 11) is 0. The van der Waals surface area contributed by atoms with Crippen LogP contribution >= 0.6 is 0 Å². The fourth-order valence-electron chi connectivity index (χ4n) is 4.43. The Morgan fingerprint density at radius 3 is 2.26 bits per heavy atom. The minimum atomic E-state index is -0.438. The molecule has 0 atom stereocenters. The van der Waals surface area contributed by atoms with Crippen molar-refractivity contribution in [2.45, 2.75) is 33.6 Å². The van der Waals surface area contributed by atoms with Crippen LogP contribution in [0.5, 0.6) is 11.5 Å². The third-order valence-corrected chi connectivity index (χ3v) is 6.13. The minimum Gasteiger partial charge on any atom is -0.494 e. The fourth-order valence-corrected chi connectivity index (χ4v) is 4.43. The highest BCUT2D eigenvalue weighted by atomic mass is 16.6. The van der Waals surface area contributed by atoms with Crippen LogP contribution < -0.4 is 9.47 Å². The number of fused-ring (bicyclic) bond motifs is 1. The highest BCUT2D eigenvalue weighted by Gasteiger charge is 2.22. The van der Waals surface area contributed by atoms with Crippen molar-refractivity contribution < 1.29 is 28.5 Å². The summed E-state index contributed by atoms with van der Waals surface area (Å²) >= 11 is 0. The van der Waals surface area contributed by atoms with Gasteiger partial charge < -0.3 is 23.5 Å². The second kappa shape index (κ2) is 12.8. The molecule has 0 N–H and O–H groups in total. The molecule has 7 heteroatoms. The zero-order chi connectivity index (χ0) is 26.9. The molecular weight excluding hydrogens is 482 g/mol. The summed E-state index contributed by atoms with van der Waals surface area (Å²) in [6, 6.07) is 23.2. The van der Waals surface area contributed by atoms with Crippen LogP contribution in [0.2, 0.25) is 0 Å². The fraction of sp³-hybridized carbons (Fsp3) is 0.290. The Balaban J connectivity index is 1.49. The van der Waals surface area contributed by atoms with Crippen LogP contribution in [-0.2, 0) is 20.7 Å². The van der Waals surface area contributed by atoms with E-state index in [0.29, 0.717) is 29.9 Å². The van der Waals surface area contributed by atoms with Crippen LogP contribution in [0, 0.1) is 6.92 Å². The smallest absolute Gasteiger partial charge is 0.344 e. The second-order valence-corrected chi connectivity index (χ2v) is 8.72. The zero-order valence-electron chi connectivity index (χ0n) is 22.1. The number of hydrogen-bond acceptors (Lipinski definition) is 6. The van der Waals surface area contributed by atoms with Gasteiger partial charge in [-0.3, -0.25) is 0 Å². The summed E-state index contributed by atoms with van der Waals surface area (Å²) < 4.78 is 24.0. The number of carbonyl (C=O) groups is 2. The molecule has 0 saturated carbocycles. The average Bonchev–Trinajstić information content (AvgIpc) is 3.22. The van der Waals surface area contributed by atoms with Gasteiger partial charge in [0.2, 0.25) is 0 Å². The Bertz CT molecular complexity index is 1380.